The molecule has 1 heterocycles. The molecule has 1 fully saturated rings. The highest BCUT2D eigenvalue weighted by atomic mass is 16.5. The lowest BCUT2D eigenvalue weighted by Gasteiger charge is -2.29. The molecule has 1 saturated heterocycles. The van der Waals surface area contributed by atoms with E-state index in [0.717, 1.165) is 19.0 Å². The van der Waals surface area contributed by atoms with Crippen LogP contribution >= 0.6 is 0 Å². The van der Waals surface area contributed by atoms with Gasteiger partial charge in [-0.2, -0.15) is 0 Å². The third-order valence-electron chi connectivity index (χ3n) is 3.79. The lowest BCUT2D eigenvalue weighted by Crippen LogP contribution is -2.37. The van der Waals surface area contributed by atoms with Crippen molar-refractivity contribution < 1.29 is 9.53 Å². The van der Waals surface area contributed by atoms with Gasteiger partial charge in [0.2, 0.25) is 0 Å². The van der Waals surface area contributed by atoms with E-state index in [2.05, 4.69) is 17.3 Å². The van der Waals surface area contributed by atoms with Crippen molar-refractivity contribution in [3.8, 4) is 5.75 Å². The first-order chi connectivity index (χ1) is 10.1. The Morgan fingerprint density at radius 3 is 2.86 bits per heavy atom. The summed E-state index contributed by atoms with van der Waals surface area (Å²) in [5, 5.41) is 3.52. The third-order valence-corrected chi connectivity index (χ3v) is 3.79. The zero-order valence-electron chi connectivity index (χ0n) is 12.7. The minimum atomic E-state index is -0.460. The number of amides is 1. The first-order valence-corrected chi connectivity index (χ1v) is 7.53. The van der Waals surface area contributed by atoms with Gasteiger partial charge in [0.25, 0.3) is 5.91 Å². The quantitative estimate of drug-likeness (QED) is 0.786. The van der Waals surface area contributed by atoms with Crippen molar-refractivity contribution in [3.05, 3.63) is 29.8 Å². The van der Waals surface area contributed by atoms with Gasteiger partial charge in [0.15, 0.2) is 6.61 Å². The molecule has 0 spiro atoms. The molecule has 21 heavy (non-hydrogen) atoms. The first kappa shape index (κ1) is 15.8. The van der Waals surface area contributed by atoms with E-state index in [9.17, 15) is 4.79 Å². The van der Waals surface area contributed by atoms with Gasteiger partial charge in [0, 0.05) is 13.1 Å². The fourth-order valence-electron chi connectivity index (χ4n) is 2.72. The second kappa shape index (κ2) is 8.00. The Morgan fingerprint density at radius 1 is 1.43 bits per heavy atom. The fourth-order valence-corrected chi connectivity index (χ4v) is 2.72. The van der Waals surface area contributed by atoms with Crippen LogP contribution < -0.4 is 15.8 Å². The van der Waals surface area contributed by atoms with E-state index in [-0.39, 0.29) is 6.61 Å². The summed E-state index contributed by atoms with van der Waals surface area (Å²) in [6.07, 6.45) is 2.62. The average Bonchev–Trinajstić information content (AvgIpc) is 2.46. The number of ether oxygens (including phenoxy) is 1. The Labute approximate surface area is 126 Å². The molecule has 0 bridgehead atoms. The summed E-state index contributed by atoms with van der Waals surface area (Å²) in [5.74, 6) is 0.964. The Kier molecular flexibility index (Phi) is 6.02. The normalized spacial score (nSPS) is 19.4. The number of carbonyl (C=O) groups excluding carboxylic acids is 1. The maximum absolute atomic E-state index is 10.6. The lowest BCUT2D eigenvalue weighted by molar-refractivity contribution is -0.119. The van der Waals surface area contributed by atoms with Gasteiger partial charge in [0.05, 0.1) is 0 Å². The van der Waals surface area contributed by atoms with Gasteiger partial charge >= 0.3 is 0 Å². The molecule has 0 saturated carbocycles. The molecule has 0 aromatic heterocycles. The van der Waals surface area contributed by atoms with Crippen LogP contribution in [0.4, 0.5) is 0 Å². The standard InChI is InChI=1S/C16H25N3O2/c1-19-8-2-3-14(11-19)10-18-9-13-4-6-15(7-5-13)21-12-16(17)20/h4-7,14,18H,2-3,8-12H2,1H3,(H2,17,20). The Balaban J connectivity index is 1.69. The molecule has 3 N–H and O–H groups in total. The Hall–Kier alpha value is -1.59. The highest BCUT2D eigenvalue weighted by molar-refractivity contribution is 5.75. The number of likely N-dealkylation sites (tertiary alicyclic amines) is 1. The number of carbonyl (C=O) groups is 1. The molecule has 0 aliphatic carbocycles. The average molecular weight is 291 g/mol. The number of hydrogen-bond donors (Lipinski definition) is 2. The molecular weight excluding hydrogens is 266 g/mol. The predicted octanol–water partition coefficient (Wildman–Crippen LogP) is 0.982. The Morgan fingerprint density at radius 2 is 2.19 bits per heavy atom. The van der Waals surface area contributed by atoms with Crippen molar-refractivity contribution in [2.45, 2.75) is 19.4 Å². The molecule has 1 aliphatic heterocycles. The van der Waals surface area contributed by atoms with E-state index in [1.165, 1.54) is 31.5 Å². The highest BCUT2D eigenvalue weighted by Crippen LogP contribution is 2.15. The summed E-state index contributed by atoms with van der Waals surface area (Å²) in [7, 11) is 2.19. The SMILES string of the molecule is CN1CCCC(CNCc2ccc(OCC(N)=O)cc2)C1. The molecule has 1 aliphatic rings. The summed E-state index contributed by atoms with van der Waals surface area (Å²) in [6.45, 7) is 4.25. The van der Waals surface area contributed by atoms with E-state index >= 15 is 0 Å². The van der Waals surface area contributed by atoms with Crippen LogP contribution in [0.3, 0.4) is 0 Å². The van der Waals surface area contributed by atoms with Crippen LogP contribution in [0.1, 0.15) is 18.4 Å². The van der Waals surface area contributed by atoms with Gasteiger partial charge in [-0.15, -0.1) is 0 Å². The van der Waals surface area contributed by atoms with Crippen LogP contribution in [-0.2, 0) is 11.3 Å². The van der Waals surface area contributed by atoms with Gasteiger partial charge in [0.1, 0.15) is 5.75 Å². The van der Waals surface area contributed by atoms with E-state index in [0.29, 0.717) is 5.75 Å². The van der Waals surface area contributed by atoms with Gasteiger partial charge < -0.3 is 20.7 Å². The molecule has 1 atom stereocenters. The smallest absolute Gasteiger partial charge is 0.255 e. The summed E-state index contributed by atoms with van der Waals surface area (Å²) in [6, 6.07) is 7.76. The lowest BCUT2D eigenvalue weighted by atomic mass is 9.98. The summed E-state index contributed by atoms with van der Waals surface area (Å²) in [5.41, 5.74) is 6.25. The van der Waals surface area contributed by atoms with Crippen molar-refractivity contribution in [2.24, 2.45) is 11.7 Å². The molecule has 2 rings (SSSR count). The van der Waals surface area contributed by atoms with Crippen LogP contribution in [0, 0.1) is 5.92 Å². The van der Waals surface area contributed by atoms with E-state index in [4.69, 9.17) is 10.5 Å². The molecule has 1 amide bonds. The second-order valence-corrected chi connectivity index (χ2v) is 5.80. The Bertz CT molecular complexity index is 447. The summed E-state index contributed by atoms with van der Waals surface area (Å²) in [4.78, 5) is 13.0. The van der Waals surface area contributed by atoms with Crippen LogP contribution in [-0.4, -0.2) is 44.1 Å². The predicted molar refractivity (Wildman–Crippen MR) is 83.1 cm³/mol. The molecule has 5 nitrogen and oxygen atoms in total. The number of hydrogen-bond acceptors (Lipinski definition) is 4. The monoisotopic (exact) mass is 291 g/mol. The van der Waals surface area contributed by atoms with Crippen LogP contribution in [0.5, 0.6) is 5.75 Å². The zero-order chi connectivity index (χ0) is 15.1. The van der Waals surface area contributed by atoms with Gasteiger partial charge in [-0.1, -0.05) is 12.1 Å². The van der Waals surface area contributed by atoms with Crippen molar-refractivity contribution in [1.29, 1.82) is 0 Å². The molecule has 1 unspecified atom stereocenters. The van der Waals surface area contributed by atoms with Crippen molar-refractivity contribution in [1.82, 2.24) is 10.2 Å². The van der Waals surface area contributed by atoms with Crippen LogP contribution in [0.2, 0.25) is 0 Å². The third kappa shape index (κ3) is 5.73. The molecule has 116 valence electrons. The van der Waals surface area contributed by atoms with E-state index < -0.39 is 5.91 Å². The number of nitrogens with one attached hydrogen (secondary N) is 1. The molecule has 0 radical (unpaired) electrons. The summed E-state index contributed by atoms with van der Waals surface area (Å²) >= 11 is 0. The second-order valence-electron chi connectivity index (χ2n) is 5.80. The largest absolute Gasteiger partial charge is 0.484 e. The number of nitrogens with two attached hydrogens (primary N) is 1. The highest BCUT2D eigenvalue weighted by Gasteiger charge is 2.16. The number of primary amides is 1. The fraction of sp³-hybridized carbons (Fsp3) is 0.562. The number of nitrogens with zero attached hydrogens (tertiary/aromatic N) is 1. The van der Waals surface area contributed by atoms with Crippen molar-refractivity contribution in [2.75, 3.05) is 33.3 Å². The van der Waals surface area contributed by atoms with E-state index in [1.807, 2.05) is 24.3 Å². The molecular formula is C16H25N3O2. The van der Waals surface area contributed by atoms with E-state index in [1.54, 1.807) is 0 Å². The number of piperidine rings is 1. The van der Waals surface area contributed by atoms with Crippen molar-refractivity contribution in [3.63, 3.8) is 0 Å². The maximum Gasteiger partial charge on any atom is 0.255 e. The zero-order valence-corrected chi connectivity index (χ0v) is 12.7. The van der Waals surface area contributed by atoms with Crippen LogP contribution in [0.15, 0.2) is 24.3 Å². The topological polar surface area (TPSA) is 67.6 Å². The minimum Gasteiger partial charge on any atom is -0.484 e. The van der Waals surface area contributed by atoms with Gasteiger partial charge in [-0.25, -0.2) is 0 Å². The maximum atomic E-state index is 10.6. The molecule has 1 aromatic rings. The molecule has 1 aromatic carbocycles. The van der Waals surface area contributed by atoms with Gasteiger partial charge in [-0.3, -0.25) is 4.79 Å². The van der Waals surface area contributed by atoms with Crippen molar-refractivity contribution >= 4 is 5.91 Å². The number of rotatable bonds is 7. The first-order valence-electron chi connectivity index (χ1n) is 7.53. The van der Waals surface area contributed by atoms with Crippen LogP contribution in [0.25, 0.3) is 0 Å². The summed E-state index contributed by atoms with van der Waals surface area (Å²) < 4.78 is 5.23. The minimum absolute atomic E-state index is 0.0766. The molecule has 5 heteroatoms. The number of benzene rings is 1. The van der Waals surface area contributed by atoms with Gasteiger partial charge in [-0.05, 0) is 56.6 Å².